The molecule has 0 amide bonds. The molecule has 0 fully saturated rings. The average molecular weight is 361 g/mol. The van der Waals surface area contributed by atoms with Crippen LogP contribution in [0.4, 0.5) is 18.9 Å². The second-order valence-corrected chi connectivity index (χ2v) is 6.84. The van der Waals surface area contributed by atoms with Gasteiger partial charge in [0.05, 0.1) is 16.5 Å². The van der Waals surface area contributed by atoms with Crippen molar-refractivity contribution in [3.63, 3.8) is 0 Å². The molecule has 0 saturated carbocycles. The Kier molecular flexibility index (Phi) is 4.86. The SMILES string of the molecule is CC(CN)S(=O)(=O)Nc1cc(C(F)(F)F)ccc1Br. The van der Waals surface area contributed by atoms with Crippen LogP contribution >= 0.6 is 15.9 Å². The molecule has 0 aliphatic carbocycles. The Morgan fingerprint density at radius 3 is 2.47 bits per heavy atom. The summed E-state index contributed by atoms with van der Waals surface area (Å²) in [6.07, 6.45) is -4.54. The number of nitrogens with two attached hydrogens (primary N) is 1. The van der Waals surface area contributed by atoms with Gasteiger partial charge in [0.25, 0.3) is 0 Å². The molecule has 0 spiro atoms. The van der Waals surface area contributed by atoms with E-state index in [0.717, 1.165) is 18.2 Å². The lowest BCUT2D eigenvalue weighted by molar-refractivity contribution is -0.137. The Morgan fingerprint density at radius 2 is 2.00 bits per heavy atom. The van der Waals surface area contributed by atoms with Crippen LogP contribution in [0.2, 0.25) is 0 Å². The molecular formula is C10H12BrF3N2O2S. The van der Waals surface area contributed by atoms with Gasteiger partial charge in [0.2, 0.25) is 10.0 Å². The Bertz CT molecular complexity index is 560. The number of rotatable bonds is 4. The summed E-state index contributed by atoms with van der Waals surface area (Å²) < 4.78 is 63.4. The quantitative estimate of drug-likeness (QED) is 0.866. The number of anilines is 1. The molecule has 1 unspecified atom stereocenters. The van der Waals surface area contributed by atoms with Crippen molar-refractivity contribution >= 4 is 31.6 Å². The lowest BCUT2D eigenvalue weighted by Crippen LogP contribution is -2.31. The smallest absolute Gasteiger partial charge is 0.329 e. The van der Waals surface area contributed by atoms with E-state index in [1.165, 1.54) is 6.92 Å². The van der Waals surface area contributed by atoms with E-state index in [4.69, 9.17) is 5.73 Å². The maximum atomic E-state index is 12.5. The molecule has 0 radical (unpaired) electrons. The lowest BCUT2D eigenvalue weighted by Gasteiger charge is -2.15. The van der Waals surface area contributed by atoms with Crippen LogP contribution in [-0.2, 0) is 16.2 Å². The van der Waals surface area contributed by atoms with Crippen molar-refractivity contribution in [3.05, 3.63) is 28.2 Å². The summed E-state index contributed by atoms with van der Waals surface area (Å²) in [5, 5.41) is -0.908. The Labute approximate surface area is 117 Å². The number of benzene rings is 1. The number of halogens is 4. The van der Waals surface area contributed by atoms with Crippen LogP contribution in [0.1, 0.15) is 12.5 Å². The third-order valence-corrected chi connectivity index (χ3v) is 4.86. The largest absolute Gasteiger partial charge is 0.416 e. The normalized spacial score (nSPS) is 14.2. The molecule has 0 saturated heterocycles. The Morgan fingerprint density at radius 1 is 1.42 bits per heavy atom. The van der Waals surface area contributed by atoms with Crippen LogP contribution in [-0.4, -0.2) is 20.2 Å². The lowest BCUT2D eigenvalue weighted by atomic mass is 10.2. The molecule has 1 atom stereocenters. The molecule has 0 aliphatic heterocycles. The maximum Gasteiger partial charge on any atom is 0.416 e. The van der Waals surface area contributed by atoms with Gasteiger partial charge in [0.1, 0.15) is 0 Å². The monoisotopic (exact) mass is 360 g/mol. The highest BCUT2D eigenvalue weighted by atomic mass is 79.9. The van der Waals surface area contributed by atoms with Crippen LogP contribution in [0.5, 0.6) is 0 Å². The van der Waals surface area contributed by atoms with Crippen molar-refractivity contribution in [2.24, 2.45) is 5.73 Å². The van der Waals surface area contributed by atoms with Crippen molar-refractivity contribution in [1.29, 1.82) is 0 Å². The predicted molar refractivity (Wildman–Crippen MR) is 70.2 cm³/mol. The molecule has 108 valence electrons. The molecule has 0 aliphatic rings. The van der Waals surface area contributed by atoms with E-state index < -0.39 is 27.0 Å². The van der Waals surface area contributed by atoms with Crippen LogP contribution < -0.4 is 10.5 Å². The number of hydrogen-bond donors (Lipinski definition) is 2. The summed E-state index contributed by atoms with van der Waals surface area (Å²) >= 11 is 3.00. The maximum absolute atomic E-state index is 12.5. The van der Waals surface area contributed by atoms with Gasteiger partial charge in [-0.25, -0.2) is 8.42 Å². The van der Waals surface area contributed by atoms with Crippen LogP contribution in [0.3, 0.4) is 0 Å². The van der Waals surface area contributed by atoms with Gasteiger partial charge in [0, 0.05) is 11.0 Å². The first-order valence-electron chi connectivity index (χ1n) is 5.16. The fourth-order valence-electron chi connectivity index (χ4n) is 1.16. The van der Waals surface area contributed by atoms with Gasteiger partial charge in [-0.15, -0.1) is 0 Å². The van der Waals surface area contributed by atoms with E-state index in [-0.39, 0.29) is 16.7 Å². The van der Waals surface area contributed by atoms with E-state index in [1.807, 2.05) is 0 Å². The molecule has 0 aromatic heterocycles. The number of nitrogens with one attached hydrogen (secondary N) is 1. The summed E-state index contributed by atoms with van der Waals surface area (Å²) in [5.74, 6) is 0. The van der Waals surface area contributed by atoms with Gasteiger partial charge in [0.15, 0.2) is 0 Å². The van der Waals surface area contributed by atoms with Crippen LogP contribution in [0, 0.1) is 0 Å². The Hall–Kier alpha value is -0.800. The second-order valence-electron chi connectivity index (χ2n) is 3.89. The number of alkyl halides is 3. The van der Waals surface area contributed by atoms with Crippen LogP contribution in [0.25, 0.3) is 0 Å². The second kappa shape index (κ2) is 5.68. The number of sulfonamides is 1. The van der Waals surface area contributed by atoms with E-state index in [1.54, 1.807) is 0 Å². The molecule has 1 aromatic carbocycles. The highest BCUT2D eigenvalue weighted by Crippen LogP contribution is 2.34. The first-order chi connectivity index (χ1) is 8.58. The van der Waals surface area contributed by atoms with E-state index in [0.29, 0.717) is 0 Å². The van der Waals surface area contributed by atoms with Crippen molar-refractivity contribution in [2.45, 2.75) is 18.3 Å². The van der Waals surface area contributed by atoms with E-state index in [9.17, 15) is 21.6 Å². The van der Waals surface area contributed by atoms with Gasteiger partial charge >= 0.3 is 6.18 Å². The molecular weight excluding hydrogens is 349 g/mol. The average Bonchev–Trinajstić information content (AvgIpc) is 2.29. The Balaban J connectivity index is 3.15. The summed E-state index contributed by atoms with van der Waals surface area (Å²) in [7, 11) is -3.82. The van der Waals surface area contributed by atoms with Crippen LogP contribution in [0.15, 0.2) is 22.7 Å². The van der Waals surface area contributed by atoms with Crippen molar-refractivity contribution < 1.29 is 21.6 Å². The van der Waals surface area contributed by atoms with Gasteiger partial charge in [-0.05, 0) is 41.1 Å². The molecule has 3 N–H and O–H groups in total. The summed E-state index contributed by atoms with van der Waals surface area (Å²) in [4.78, 5) is 0. The summed E-state index contributed by atoms with van der Waals surface area (Å²) in [6.45, 7) is 1.23. The van der Waals surface area contributed by atoms with Crippen molar-refractivity contribution in [3.8, 4) is 0 Å². The van der Waals surface area contributed by atoms with Gasteiger partial charge in [-0.3, -0.25) is 4.72 Å². The fourth-order valence-corrected chi connectivity index (χ4v) is 2.57. The highest BCUT2D eigenvalue weighted by Gasteiger charge is 2.31. The first-order valence-corrected chi connectivity index (χ1v) is 7.50. The minimum absolute atomic E-state index is 0.133. The predicted octanol–water partition coefficient (Wildman–Crippen LogP) is 2.56. The standard InChI is InChI=1S/C10H12BrF3N2O2S/c1-6(5-15)19(17,18)16-9-4-7(10(12,13)14)2-3-8(9)11/h2-4,6,16H,5,15H2,1H3. The van der Waals surface area contributed by atoms with Crippen molar-refractivity contribution in [1.82, 2.24) is 0 Å². The summed E-state index contributed by atoms with van der Waals surface area (Å²) in [5.41, 5.74) is 4.13. The minimum Gasteiger partial charge on any atom is -0.329 e. The molecule has 4 nitrogen and oxygen atoms in total. The molecule has 9 heteroatoms. The van der Waals surface area contributed by atoms with Gasteiger partial charge < -0.3 is 5.73 Å². The van der Waals surface area contributed by atoms with Gasteiger partial charge in [-0.2, -0.15) is 13.2 Å². The molecule has 0 bridgehead atoms. The third-order valence-electron chi connectivity index (χ3n) is 2.41. The minimum atomic E-state index is -4.54. The zero-order valence-corrected chi connectivity index (χ0v) is 12.2. The van der Waals surface area contributed by atoms with Gasteiger partial charge in [-0.1, -0.05) is 0 Å². The zero-order chi connectivity index (χ0) is 14.8. The van der Waals surface area contributed by atoms with E-state index in [2.05, 4.69) is 20.7 Å². The number of hydrogen-bond acceptors (Lipinski definition) is 3. The van der Waals surface area contributed by atoms with Crippen molar-refractivity contribution in [2.75, 3.05) is 11.3 Å². The third kappa shape index (κ3) is 4.08. The molecule has 0 heterocycles. The van der Waals surface area contributed by atoms with E-state index >= 15 is 0 Å². The fraction of sp³-hybridized carbons (Fsp3) is 0.400. The highest BCUT2D eigenvalue weighted by molar-refractivity contribution is 9.10. The molecule has 1 aromatic rings. The molecule has 1 rings (SSSR count). The molecule has 19 heavy (non-hydrogen) atoms. The topological polar surface area (TPSA) is 72.2 Å². The summed E-state index contributed by atoms with van der Waals surface area (Å²) in [6, 6.07) is 2.72. The zero-order valence-electron chi connectivity index (χ0n) is 9.83. The first kappa shape index (κ1) is 16.3.